The molecule has 3 rings (SSSR count). The van der Waals surface area contributed by atoms with Crippen LogP contribution in [0, 0.1) is 11.7 Å². The quantitative estimate of drug-likeness (QED) is 0.785. The molecule has 2 fully saturated rings. The Hall–Kier alpha value is -1.22. The van der Waals surface area contributed by atoms with Crippen LogP contribution in [-0.2, 0) is 0 Å². The molecule has 2 atom stereocenters. The molecule has 0 aromatic heterocycles. The fraction of sp³-hybridized carbons (Fsp3) is 0.588. The third-order valence-electron chi connectivity index (χ3n) is 4.88. The monoisotopic (exact) mass is 275 g/mol. The van der Waals surface area contributed by atoms with E-state index in [0.29, 0.717) is 12.6 Å². The van der Waals surface area contributed by atoms with Gasteiger partial charge in [0.2, 0.25) is 0 Å². The lowest BCUT2D eigenvalue weighted by Gasteiger charge is -2.43. The van der Waals surface area contributed by atoms with Crippen molar-refractivity contribution < 1.29 is 9.18 Å². The predicted octanol–water partition coefficient (Wildman–Crippen LogP) is 3.66. The summed E-state index contributed by atoms with van der Waals surface area (Å²) in [6, 6.07) is 6.88. The highest BCUT2D eigenvalue weighted by atomic mass is 19.1. The molecule has 20 heavy (non-hydrogen) atoms. The minimum Gasteiger partial charge on any atom is -0.293 e. The van der Waals surface area contributed by atoms with E-state index < -0.39 is 5.82 Å². The number of halogens is 1. The zero-order valence-electron chi connectivity index (χ0n) is 11.9. The number of fused-ring (bicyclic) bond motifs is 1. The van der Waals surface area contributed by atoms with Crippen molar-refractivity contribution in [2.45, 2.75) is 44.6 Å². The van der Waals surface area contributed by atoms with Crippen molar-refractivity contribution >= 4 is 5.78 Å². The van der Waals surface area contributed by atoms with Gasteiger partial charge in [0.05, 0.1) is 12.1 Å². The van der Waals surface area contributed by atoms with E-state index in [4.69, 9.17) is 0 Å². The molecule has 0 bridgehead atoms. The average Bonchev–Trinajstić information content (AvgIpc) is 2.48. The highest BCUT2D eigenvalue weighted by molar-refractivity contribution is 5.97. The molecule has 0 radical (unpaired) electrons. The van der Waals surface area contributed by atoms with Crippen molar-refractivity contribution in [1.82, 2.24) is 4.90 Å². The van der Waals surface area contributed by atoms with Crippen LogP contribution in [0.5, 0.6) is 0 Å². The van der Waals surface area contributed by atoms with Crippen molar-refractivity contribution in [2.24, 2.45) is 5.92 Å². The number of ketones is 1. The molecule has 1 aromatic rings. The second-order valence-corrected chi connectivity index (χ2v) is 6.13. The van der Waals surface area contributed by atoms with Gasteiger partial charge in [0.1, 0.15) is 5.82 Å². The lowest BCUT2D eigenvalue weighted by Crippen LogP contribution is -2.48. The van der Waals surface area contributed by atoms with Gasteiger partial charge in [0.25, 0.3) is 0 Å². The Bertz CT molecular complexity index is 486. The maximum Gasteiger partial charge on any atom is 0.179 e. The van der Waals surface area contributed by atoms with Crippen LogP contribution in [0.3, 0.4) is 0 Å². The third-order valence-corrected chi connectivity index (χ3v) is 4.88. The Kier molecular flexibility index (Phi) is 4.16. The number of likely N-dealkylation sites (tertiary alicyclic amines) is 1. The molecular weight excluding hydrogens is 253 g/mol. The van der Waals surface area contributed by atoms with E-state index in [-0.39, 0.29) is 11.3 Å². The number of carbonyl (C=O) groups excluding carboxylic acids is 1. The molecule has 1 aliphatic heterocycles. The summed E-state index contributed by atoms with van der Waals surface area (Å²) in [6.45, 7) is 1.36. The van der Waals surface area contributed by atoms with Crippen LogP contribution in [0.1, 0.15) is 48.9 Å². The highest BCUT2D eigenvalue weighted by Gasteiger charge is 2.34. The molecule has 2 unspecified atom stereocenters. The van der Waals surface area contributed by atoms with Gasteiger partial charge < -0.3 is 0 Å². The van der Waals surface area contributed by atoms with Gasteiger partial charge in [-0.15, -0.1) is 0 Å². The average molecular weight is 275 g/mol. The first-order valence-electron chi connectivity index (χ1n) is 7.77. The standard InChI is InChI=1S/C17H22FNO/c18-15-9-3-2-8-14(15)17(20)12-19-11-5-7-13-6-1-4-10-16(13)19/h2-3,8-9,13,16H,1,4-7,10-12H2. The lowest BCUT2D eigenvalue weighted by molar-refractivity contribution is 0.0537. The molecule has 0 spiro atoms. The number of piperidine rings is 1. The Balaban J connectivity index is 1.70. The van der Waals surface area contributed by atoms with Crippen LogP contribution in [-0.4, -0.2) is 29.8 Å². The molecule has 0 amide bonds. The fourth-order valence-electron chi connectivity index (χ4n) is 3.88. The normalized spacial score (nSPS) is 27.1. The molecule has 1 saturated heterocycles. The Morgan fingerprint density at radius 1 is 1.15 bits per heavy atom. The zero-order chi connectivity index (χ0) is 13.9. The van der Waals surface area contributed by atoms with E-state index in [9.17, 15) is 9.18 Å². The third kappa shape index (κ3) is 2.78. The number of Topliss-reactive ketones (excluding diaryl/α,β-unsaturated/α-hetero) is 1. The number of hydrogen-bond acceptors (Lipinski definition) is 2. The van der Waals surface area contributed by atoms with Crippen LogP contribution in [0.2, 0.25) is 0 Å². The smallest absolute Gasteiger partial charge is 0.179 e. The van der Waals surface area contributed by atoms with Gasteiger partial charge in [-0.3, -0.25) is 9.69 Å². The number of nitrogens with zero attached hydrogens (tertiary/aromatic N) is 1. The summed E-state index contributed by atoms with van der Waals surface area (Å²) in [5, 5.41) is 0. The van der Waals surface area contributed by atoms with Gasteiger partial charge in [-0.05, 0) is 50.3 Å². The largest absolute Gasteiger partial charge is 0.293 e. The maximum atomic E-state index is 13.7. The Labute approximate surface area is 120 Å². The molecule has 2 nitrogen and oxygen atoms in total. The van der Waals surface area contributed by atoms with Crippen molar-refractivity contribution in [3.8, 4) is 0 Å². The fourth-order valence-corrected chi connectivity index (χ4v) is 3.88. The summed E-state index contributed by atoms with van der Waals surface area (Å²) in [5.74, 6) is 0.287. The first kappa shape index (κ1) is 13.7. The molecule has 3 heteroatoms. The van der Waals surface area contributed by atoms with E-state index in [2.05, 4.69) is 4.90 Å². The molecule has 1 aromatic carbocycles. The number of benzene rings is 1. The van der Waals surface area contributed by atoms with E-state index in [1.807, 2.05) is 0 Å². The van der Waals surface area contributed by atoms with Crippen molar-refractivity contribution in [3.63, 3.8) is 0 Å². The number of hydrogen-bond donors (Lipinski definition) is 0. The van der Waals surface area contributed by atoms with E-state index in [1.165, 1.54) is 44.6 Å². The summed E-state index contributed by atoms with van der Waals surface area (Å²) in [4.78, 5) is 14.6. The maximum absolute atomic E-state index is 13.7. The SMILES string of the molecule is O=C(CN1CCCC2CCCCC21)c1ccccc1F. The van der Waals surface area contributed by atoms with Gasteiger partial charge >= 0.3 is 0 Å². The zero-order valence-corrected chi connectivity index (χ0v) is 11.9. The summed E-state index contributed by atoms with van der Waals surface area (Å²) in [5.41, 5.74) is 0.241. The van der Waals surface area contributed by atoms with Crippen LogP contribution in [0.4, 0.5) is 4.39 Å². The number of carbonyl (C=O) groups is 1. The molecular formula is C17H22FNO. The van der Waals surface area contributed by atoms with Gasteiger partial charge in [0, 0.05) is 6.04 Å². The van der Waals surface area contributed by atoms with E-state index in [1.54, 1.807) is 18.2 Å². The summed E-state index contributed by atoms with van der Waals surface area (Å²) >= 11 is 0. The highest BCUT2D eigenvalue weighted by Crippen LogP contribution is 2.35. The van der Waals surface area contributed by atoms with Crippen LogP contribution >= 0.6 is 0 Å². The van der Waals surface area contributed by atoms with Crippen molar-refractivity contribution in [3.05, 3.63) is 35.6 Å². The number of rotatable bonds is 3. The second-order valence-electron chi connectivity index (χ2n) is 6.13. The van der Waals surface area contributed by atoms with Crippen molar-refractivity contribution in [2.75, 3.05) is 13.1 Å². The minimum absolute atomic E-state index is 0.0747. The summed E-state index contributed by atoms with van der Waals surface area (Å²) in [7, 11) is 0. The van der Waals surface area contributed by atoms with E-state index in [0.717, 1.165) is 12.5 Å². The summed E-state index contributed by atoms with van der Waals surface area (Å²) in [6.07, 6.45) is 7.58. The molecule has 2 aliphatic rings. The Morgan fingerprint density at radius 2 is 1.90 bits per heavy atom. The topological polar surface area (TPSA) is 20.3 Å². The van der Waals surface area contributed by atoms with Crippen LogP contribution in [0.15, 0.2) is 24.3 Å². The summed E-state index contributed by atoms with van der Waals surface area (Å²) < 4.78 is 13.7. The van der Waals surface area contributed by atoms with Crippen molar-refractivity contribution in [1.29, 1.82) is 0 Å². The predicted molar refractivity (Wildman–Crippen MR) is 77.3 cm³/mol. The first-order valence-corrected chi connectivity index (χ1v) is 7.77. The molecule has 108 valence electrons. The van der Waals surface area contributed by atoms with Gasteiger partial charge in [0.15, 0.2) is 5.78 Å². The van der Waals surface area contributed by atoms with Gasteiger partial charge in [-0.2, -0.15) is 0 Å². The molecule has 1 saturated carbocycles. The van der Waals surface area contributed by atoms with E-state index >= 15 is 0 Å². The molecule has 1 heterocycles. The second kappa shape index (κ2) is 6.04. The first-order chi connectivity index (χ1) is 9.75. The minimum atomic E-state index is -0.394. The van der Waals surface area contributed by atoms with Crippen LogP contribution < -0.4 is 0 Å². The van der Waals surface area contributed by atoms with Gasteiger partial charge in [-0.1, -0.05) is 25.0 Å². The molecule has 0 N–H and O–H groups in total. The van der Waals surface area contributed by atoms with Gasteiger partial charge in [-0.25, -0.2) is 4.39 Å². The lowest BCUT2D eigenvalue weighted by atomic mass is 9.78. The Morgan fingerprint density at radius 3 is 2.75 bits per heavy atom. The molecule has 1 aliphatic carbocycles. The van der Waals surface area contributed by atoms with Crippen LogP contribution in [0.25, 0.3) is 0 Å².